The molecule has 0 aromatic heterocycles. The minimum Gasteiger partial charge on any atom is -0.508 e. The molecule has 0 bridgehead atoms. The van der Waals surface area contributed by atoms with Gasteiger partial charge in [-0.05, 0) is 78.1 Å². The van der Waals surface area contributed by atoms with E-state index in [0.717, 1.165) is 21.9 Å². The maximum Gasteiger partial charge on any atom is 0.335 e. The van der Waals surface area contributed by atoms with Gasteiger partial charge in [0, 0.05) is 11.5 Å². The van der Waals surface area contributed by atoms with E-state index in [-0.39, 0.29) is 41.1 Å². The first-order valence-corrected chi connectivity index (χ1v) is 16.3. The number of fused-ring (bicyclic) bond motifs is 5. The molecule has 2 aliphatic carbocycles. The third kappa shape index (κ3) is 4.13. The second kappa shape index (κ2) is 10.7. The maximum atomic E-state index is 14.6. The molecule has 4 aromatic carbocycles. The van der Waals surface area contributed by atoms with Gasteiger partial charge in [-0.15, -0.1) is 23.2 Å². The molecule has 246 valence electrons. The highest BCUT2D eigenvalue weighted by Gasteiger charge is 2.77. The molecule has 6 atom stereocenters. The fourth-order valence-electron chi connectivity index (χ4n) is 8.34. The standard InChI is InChI=1S/C37H25Cl2FN2O7/c38-36-17-26-24(13-14-25-28(26)32(45)41(31(25)44)22-6-3-5-19(16-22)33(46)47)30(29-23-7-2-1-4-18(23)8-15-27(29)43)37(36,39)35(49)42(34(36)48)21-11-9-20(40)10-12-21/h1-13,15-16,25-26,28,30,43H,14,17H2,(H,46,47)/t25-,26+,28-,30+,36+,37-/m0/s1. The number of hydrogen-bond donors (Lipinski definition) is 2. The van der Waals surface area contributed by atoms with Gasteiger partial charge in [0.2, 0.25) is 11.8 Å². The van der Waals surface area contributed by atoms with Gasteiger partial charge in [-0.3, -0.25) is 24.1 Å². The number of phenolic OH excluding ortho intramolecular Hbond substituents is 1. The van der Waals surface area contributed by atoms with Crippen LogP contribution in [0.15, 0.2) is 96.6 Å². The number of anilines is 2. The lowest BCUT2D eigenvalue weighted by molar-refractivity contribution is -0.125. The summed E-state index contributed by atoms with van der Waals surface area (Å²) in [5.74, 6) is -8.99. The highest BCUT2D eigenvalue weighted by Crippen LogP contribution is 2.67. The number of carbonyl (C=O) groups is 5. The normalized spacial score (nSPS) is 29.2. The number of aromatic carboxylic acids is 1. The van der Waals surface area contributed by atoms with E-state index < -0.39 is 68.8 Å². The van der Waals surface area contributed by atoms with Crippen molar-refractivity contribution in [3.63, 3.8) is 0 Å². The van der Waals surface area contributed by atoms with Crippen LogP contribution >= 0.6 is 23.2 Å². The molecule has 2 aliphatic heterocycles. The van der Waals surface area contributed by atoms with E-state index in [1.54, 1.807) is 30.3 Å². The smallest absolute Gasteiger partial charge is 0.335 e. The highest BCUT2D eigenvalue weighted by molar-refractivity contribution is 6.58. The number of imide groups is 2. The number of nitrogens with zero attached hydrogens (tertiary/aromatic N) is 2. The summed E-state index contributed by atoms with van der Waals surface area (Å²) in [6.07, 6.45) is 1.51. The number of aromatic hydroxyl groups is 1. The number of amides is 4. The van der Waals surface area contributed by atoms with Crippen LogP contribution in [-0.2, 0) is 19.2 Å². The largest absolute Gasteiger partial charge is 0.508 e. The van der Waals surface area contributed by atoms with Crippen molar-refractivity contribution in [1.29, 1.82) is 0 Å². The maximum absolute atomic E-state index is 14.6. The zero-order valence-corrected chi connectivity index (χ0v) is 26.9. The Morgan fingerprint density at radius 2 is 1.55 bits per heavy atom. The predicted molar refractivity (Wildman–Crippen MR) is 178 cm³/mol. The van der Waals surface area contributed by atoms with Gasteiger partial charge >= 0.3 is 5.97 Å². The van der Waals surface area contributed by atoms with Gasteiger partial charge in [0.15, 0.2) is 9.75 Å². The fraction of sp³-hybridized carbons (Fsp3) is 0.216. The topological polar surface area (TPSA) is 132 Å². The molecule has 9 nitrogen and oxygen atoms in total. The Hall–Kier alpha value is -5.06. The number of alkyl halides is 2. The van der Waals surface area contributed by atoms with Gasteiger partial charge in [0.25, 0.3) is 11.8 Å². The van der Waals surface area contributed by atoms with Crippen molar-refractivity contribution >= 4 is 74.9 Å². The SMILES string of the molecule is O=C(O)c1cccc(N2C(=O)[C@H]3[C@H](CC=C4[C@H]3C[C@@]3(Cl)C(=O)N(c5ccc(F)cc5)C(=O)[C@@]3(Cl)[C@H]4c3c(O)ccc4ccccc34)C2=O)c1. The molecule has 0 unspecified atom stereocenters. The molecule has 1 saturated carbocycles. The summed E-state index contributed by atoms with van der Waals surface area (Å²) in [7, 11) is 0. The molecule has 2 saturated heterocycles. The lowest BCUT2D eigenvalue weighted by Gasteiger charge is -2.51. The van der Waals surface area contributed by atoms with E-state index in [2.05, 4.69) is 0 Å². The first-order chi connectivity index (χ1) is 23.4. The number of carboxylic acids is 1. The fourth-order valence-corrected chi connectivity index (χ4v) is 9.25. The minimum atomic E-state index is -2.22. The lowest BCUT2D eigenvalue weighted by atomic mass is 9.56. The van der Waals surface area contributed by atoms with Crippen molar-refractivity contribution in [1.82, 2.24) is 0 Å². The summed E-state index contributed by atoms with van der Waals surface area (Å²) in [6.45, 7) is 0. The second-order valence-corrected chi connectivity index (χ2v) is 14.1. The van der Waals surface area contributed by atoms with Crippen molar-refractivity contribution in [3.05, 3.63) is 114 Å². The summed E-state index contributed by atoms with van der Waals surface area (Å²) in [5.41, 5.74) is 0.726. The third-order valence-corrected chi connectivity index (χ3v) is 11.9. The van der Waals surface area contributed by atoms with Crippen LogP contribution in [0.2, 0.25) is 0 Å². The van der Waals surface area contributed by atoms with Crippen LogP contribution in [-0.4, -0.2) is 49.6 Å². The molecule has 4 aliphatic rings. The minimum absolute atomic E-state index is 0.0400. The van der Waals surface area contributed by atoms with E-state index in [0.29, 0.717) is 16.3 Å². The number of phenols is 1. The van der Waals surface area contributed by atoms with Crippen LogP contribution in [0.3, 0.4) is 0 Å². The lowest BCUT2D eigenvalue weighted by Crippen LogP contribution is -2.60. The Labute approximate surface area is 288 Å². The van der Waals surface area contributed by atoms with Gasteiger partial charge in [-0.1, -0.05) is 48.0 Å². The zero-order chi connectivity index (χ0) is 34.6. The van der Waals surface area contributed by atoms with Crippen LogP contribution in [0.25, 0.3) is 10.8 Å². The average molecular weight is 700 g/mol. The average Bonchev–Trinajstić information content (AvgIpc) is 3.43. The van der Waals surface area contributed by atoms with Crippen LogP contribution in [0, 0.1) is 23.6 Å². The molecule has 0 spiro atoms. The Bertz CT molecular complexity index is 2210. The first-order valence-electron chi connectivity index (χ1n) is 15.5. The van der Waals surface area contributed by atoms with E-state index in [9.17, 15) is 38.6 Å². The van der Waals surface area contributed by atoms with Gasteiger partial charge in [0.1, 0.15) is 11.6 Å². The summed E-state index contributed by atoms with van der Waals surface area (Å²) in [5, 5.41) is 22.3. The molecular formula is C37H25Cl2FN2O7. The molecule has 0 radical (unpaired) electrons. The Kier molecular flexibility index (Phi) is 6.83. The van der Waals surface area contributed by atoms with Crippen LogP contribution < -0.4 is 9.80 Å². The van der Waals surface area contributed by atoms with Gasteiger partial charge < -0.3 is 10.2 Å². The van der Waals surface area contributed by atoms with Crippen molar-refractivity contribution in [2.45, 2.75) is 28.5 Å². The van der Waals surface area contributed by atoms with Crippen molar-refractivity contribution < 1.29 is 38.6 Å². The molecule has 2 heterocycles. The Morgan fingerprint density at radius 1 is 0.816 bits per heavy atom. The quantitative estimate of drug-likeness (QED) is 0.148. The van der Waals surface area contributed by atoms with Crippen molar-refractivity contribution in [2.75, 3.05) is 9.80 Å². The van der Waals surface area contributed by atoms with E-state index in [1.165, 1.54) is 42.5 Å². The van der Waals surface area contributed by atoms with Crippen molar-refractivity contribution in [2.24, 2.45) is 17.8 Å². The molecule has 12 heteroatoms. The van der Waals surface area contributed by atoms with Crippen LogP contribution in [0.5, 0.6) is 5.75 Å². The highest BCUT2D eigenvalue weighted by atomic mass is 35.5. The van der Waals surface area contributed by atoms with E-state index in [4.69, 9.17) is 23.2 Å². The third-order valence-electron chi connectivity index (χ3n) is 10.5. The molecule has 8 rings (SSSR count). The molecule has 49 heavy (non-hydrogen) atoms. The number of benzene rings is 4. The summed E-state index contributed by atoms with van der Waals surface area (Å²) in [6, 6.07) is 20.5. The number of carbonyl (C=O) groups excluding carboxylic acids is 4. The Balaban J connectivity index is 1.33. The summed E-state index contributed by atoms with van der Waals surface area (Å²) >= 11 is 14.9. The number of halogens is 3. The number of allylic oxidation sites excluding steroid dienone is 2. The number of hydrogen-bond acceptors (Lipinski definition) is 6. The van der Waals surface area contributed by atoms with Gasteiger partial charge in [-0.2, -0.15) is 0 Å². The number of carboxylic acid groups (broad SMARTS) is 1. The number of rotatable bonds is 4. The van der Waals surface area contributed by atoms with E-state index in [1.807, 2.05) is 6.07 Å². The Morgan fingerprint density at radius 3 is 2.29 bits per heavy atom. The summed E-state index contributed by atoms with van der Waals surface area (Å²) in [4.78, 5) is 66.5. The second-order valence-electron chi connectivity index (χ2n) is 12.8. The molecule has 3 fully saturated rings. The van der Waals surface area contributed by atoms with Gasteiger partial charge in [0.05, 0.1) is 28.8 Å². The molecule has 4 amide bonds. The van der Waals surface area contributed by atoms with Gasteiger partial charge in [-0.25, -0.2) is 14.1 Å². The predicted octanol–water partition coefficient (Wildman–Crippen LogP) is 6.15. The molecule has 4 aromatic rings. The van der Waals surface area contributed by atoms with Crippen LogP contribution in [0.1, 0.15) is 34.7 Å². The van der Waals surface area contributed by atoms with E-state index >= 15 is 0 Å². The molecule has 2 N–H and O–H groups in total. The van der Waals surface area contributed by atoms with Crippen LogP contribution in [0.4, 0.5) is 15.8 Å². The first kappa shape index (κ1) is 31.2. The molecular weight excluding hydrogens is 674 g/mol. The van der Waals surface area contributed by atoms with Crippen molar-refractivity contribution in [3.8, 4) is 5.75 Å². The summed E-state index contributed by atoms with van der Waals surface area (Å²) < 4.78 is 13.9. The monoisotopic (exact) mass is 698 g/mol. The zero-order valence-electron chi connectivity index (χ0n) is 25.3.